The monoisotopic (exact) mass is 262 g/mol. The summed E-state index contributed by atoms with van der Waals surface area (Å²) in [4.78, 5) is 22.4. The van der Waals surface area contributed by atoms with Gasteiger partial charge in [0.1, 0.15) is 0 Å². The molecule has 0 aliphatic rings. The van der Waals surface area contributed by atoms with E-state index in [0.717, 1.165) is 5.69 Å². The van der Waals surface area contributed by atoms with E-state index in [4.69, 9.17) is 5.73 Å². The number of benzene rings is 1. The Hall–Kier alpha value is -2.30. The third-order valence-corrected chi connectivity index (χ3v) is 2.63. The van der Waals surface area contributed by atoms with Crippen LogP contribution in [0.4, 0.5) is 5.69 Å². The van der Waals surface area contributed by atoms with Crippen LogP contribution in [0.15, 0.2) is 35.9 Å². The van der Waals surface area contributed by atoms with Crippen molar-refractivity contribution in [1.29, 1.82) is 0 Å². The number of nitrogens with one attached hydrogen (secondary N) is 1. The van der Waals surface area contributed by atoms with E-state index in [0.29, 0.717) is 24.1 Å². The SMILES string of the molecule is CC/C(=C/CNc1cccc(C(N)=O)c1)C(=O)OC. The molecule has 1 aromatic carbocycles. The van der Waals surface area contributed by atoms with E-state index in [-0.39, 0.29) is 5.97 Å². The Morgan fingerprint density at radius 1 is 1.42 bits per heavy atom. The number of primary amides is 1. The number of esters is 1. The minimum Gasteiger partial charge on any atom is -0.466 e. The Morgan fingerprint density at radius 2 is 2.16 bits per heavy atom. The molecule has 0 bridgehead atoms. The number of carbonyl (C=O) groups is 2. The fraction of sp³-hybridized carbons (Fsp3) is 0.286. The number of amides is 1. The molecule has 3 N–H and O–H groups in total. The van der Waals surface area contributed by atoms with Gasteiger partial charge in [0.15, 0.2) is 0 Å². The van der Waals surface area contributed by atoms with Crippen molar-refractivity contribution in [2.75, 3.05) is 19.0 Å². The molecule has 102 valence electrons. The maximum atomic E-state index is 11.3. The van der Waals surface area contributed by atoms with Crippen molar-refractivity contribution in [3.8, 4) is 0 Å². The molecule has 5 nitrogen and oxygen atoms in total. The van der Waals surface area contributed by atoms with Crippen molar-refractivity contribution >= 4 is 17.6 Å². The van der Waals surface area contributed by atoms with Gasteiger partial charge in [0.05, 0.1) is 7.11 Å². The molecule has 1 aromatic rings. The minimum absolute atomic E-state index is 0.324. The van der Waals surface area contributed by atoms with Crippen molar-refractivity contribution in [1.82, 2.24) is 0 Å². The second kappa shape index (κ2) is 7.20. The van der Waals surface area contributed by atoms with Gasteiger partial charge in [0, 0.05) is 23.4 Å². The first kappa shape index (κ1) is 14.8. The predicted octanol–water partition coefficient (Wildman–Crippen LogP) is 1.71. The molecule has 0 heterocycles. The fourth-order valence-electron chi connectivity index (χ4n) is 1.58. The van der Waals surface area contributed by atoms with Crippen molar-refractivity contribution in [3.63, 3.8) is 0 Å². The molecule has 0 saturated heterocycles. The predicted molar refractivity (Wildman–Crippen MR) is 73.8 cm³/mol. The third kappa shape index (κ3) is 4.46. The number of hydrogen-bond acceptors (Lipinski definition) is 4. The summed E-state index contributed by atoms with van der Waals surface area (Å²) in [5.41, 5.74) is 7.02. The molecular weight excluding hydrogens is 244 g/mol. The number of hydrogen-bond donors (Lipinski definition) is 2. The van der Waals surface area contributed by atoms with Crippen molar-refractivity contribution in [3.05, 3.63) is 41.5 Å². The Labute approximate surface area is 112 Å². The molecule has 1 rings (SSSR count). The van der Waals surface area contributed by atoms with Gasteiger partial charge in [-0.05, 0) is 24.6 Å². The highest BCUT2D eigenvalue weighted by Crippen LogP contribution is 2.10. The van der Waals surface area contributed by atoms with Gasteiger partial charge in [-0.3, -0.25) is 4.79 Å². The van der Waals surface area contributed by atoms with E-state index in [2.05, 4.69) is 10.1 Å². The zero-order valence-electron chi connectivity index (χ0n) is 11.1. The molecule has 0 spiro atoms. The van der Waals surface area contributed by atoms with E-state index < -0.39 is 5.91 Å². The molecule has 0 saturated carbocycles. The average Bonchev–Trinajstić information content (AvgIpc) is 2.43. The lowest BCUT2D eigenvalue weighted by molar-refractivity contribution is -0.136. The number of ether oxygens (including phenoxy) is 1. The highest BCUT2D eigenvalue weighted by molar-refractivity contribution is 5.93. The number of nitrogens with two attached hydrogens (primary N) is 1. The minimum atomic E-state index is -0.469. The summed E-state index contributed by atoms with van der Waals surface area (Å²) in [5.74, 6) is -0.793. The standard InChI is InChI=1S/C14H18N2O3/c1-3-10(14(18)19-2)7-8-16-12-6-4-5-11(9-12)13(15)17/h4-7,9,16H,3,8H2,1-2H3,(H2,15,17)/b10-7-. The molecule has 0 radical (unpaired) electrons. The topological polar surface area (TPSA) is 81.4 Å². The maximum absolute atomic E-state index is 11.3. The summed E-state index contributed by atoms with van der Waals surface area (Å²) in [6.07, 6.45) is 2.37. The van der Waals surface area contributed by atoms with E-state index >= 15 is 0 Å². The van der Waals surface area contributed by atoms with E-state index in [1.54, 1.807) is 24.3 Å². The van der Waals surface area contributed by atoms with Crippen molar-refractivity contribution in [2.24, 2.45) is 5.73 Å². The molecule has 19 heavy (non-hydrogen) atoms. The van der Waals surface area contributed by atoms with Crippen LogP contribution in [0.3, 0.4) is 0 Å². The molecule has 0 aliphatic carbocycles. The maximum Gasteiger partial charge on any atom is 0.333 e. The summed E-state index contributed by atoms with van der Waals surface area (Å²) >= 11 is 0. The van der Waals surface area contributed by atoms with Crippen LogP contribution in [0.5, 0.6) is 0 Å². The quantitative estimate of drug-likeness (QED) is 0.604. The molecule has 0 aromatic heterocycles. The first-order valence-corrected chi connectivity index (χ1v) is 5.99. The van der Waals surface area contributed by atoms with Gasteiger partial charge < -0.3 is 15.8 Å². The number of carbonyl (C=O) groups excluding carboxylic acids is 2. The third-order valence-electron chi connectivity index (χ3n) is 2.63. The Kier molecular flexibility index (Phi) is 5.60. The number of anilines is 1. The Balaban J connectivity index is 2.66. The van der Waals surface area contributed by atoms with Crippen LogP contribution in [0.2, 0.25) is 0 Å². The van der Waals surface area contributed by atoms with E-state index in [1.165, 1.54) is 7.11 Å². The van der Waals surface area contributed by atoms with Gasteiger partial charge in [-0.25, -0.2) is 4.79 Å². The van der Waals surface area contributed by atoms with Gasteiger partial charge in [0.2, 0.25) is 5.91 Å². The summed E-state index contributed by atoms with van der Waals surface area (Å²) in [5, 5.41) is 3.09. The number of rotatable bonds is 6. The van der Waals surface area contributed by atoms with E-state index in [9.17, 15) is 9.59 Å². The lowest BCUT2D eigenvalue weighted by Gasteiger charge is -2.06. The van der Waals surface area contributed by atoms with Crippen molar-refractivity contribution < 1.29 is 14.3 Å². The van der Waals surface area contributed by atoms with Crippen LogP contribution >= 0.6 is 0 Å². The molecule has 0 fully saturated rings. The van der Waals surface area contributed by atoms with Crippen molar-refractivity contribution in [2.45, 2.75) is 13.3 Å². The zero-order valence-corrected chi connectivity index (χ0v) is 11.1. The highest BCUT2D eigenvalue weighted by atomic mass is 16.5. The average molecular weight is 262 g/mol. The molecule has 0 atom stereocenters. The van der Waals surface area contributed by atoms with Gasteiger partial charge in [-0.2, -0.15) is 0 Å². The first-order chi connectivity index (χ1) is 9.08. The van der Waals surface area contributed by atoms with Crippen LogP contribution in [-0.4, -0.2) is 25.5 Å². The second-order valence-electron chi connectivity index (χ2n) is 3.90. The van der Waals surface area contributed by atoms with Crippen LogP contribution < -0.4 is 11.1 Å². The molecule has 5 heteroatoms. The molecular formula is C14H18N2O3. The molecule has 0 unspecified atom stereocenters. The highest BCUT2D eigenvalue weighted by Gasteiger charge is 2.06. The lowest BCUT2D eigenvalue weighted by atomic mass is 10.2. The summed E-state index contributed by atoms with van der Waals surface area (Å²) in [6.45, 7) is 2.36. The summed E-state index contributed by atoms with van der Waals surface area (Å²) in [6, 6.07) is 6.88. The van der Waals surface area contributed by atoms with Crippen LogP contribution in [0.1, 0.15) is 23.7 Å². The Bertz CT molecular complexity index is 495. The Morgan fingerprint density at radius 3 is 2.74 bits per heavy atom. The molecule has 1 amide bonds. The van der Waals surface area contributed by atoms with Crippen LogP contribution in [0, 0.1) is 0 Å². The fourth-order valence-corrected chi connectivity index (χ4v) is 1.58. The smallest absolute Gasteiger partial charge is 0.333 e. The first-order valence-electron chi connectivity index (χ1n) is 5.99. The normalized spacial score (nSPS) is 10.9. The van der Waals surface area contributed by atoms with Crippen LogP contribution in [0.25, 0.3) is 0 Å². The van der Waals surface area contributed by atoms with Gasteiger partial charge in [-0.15, -0.1) is 0 Å². The van der Waals surface area contributed by atoms with E-state index in [1.807, 2.05) is 13.0 Å². The number of methoxy groups -OCH3 is 1. The van der Waals surface area contributed by atoms with Gasteiger partial charge in [-0.1, -0.05) is 19.1 Å². The molecule has 0 aliphatic heterocycles. The zero-order chi connectivity index (χ0) is 14.3. The summed E-state index contributed by atoms with van der Waals surface area (Å²) < 4.78 is 4.66. The van der Waals surface area contributed by atoms with Gasteiger partial charge in [0.25, 0.3) is 0 Å². The largest absolute Gasteiger partial charge is 0.466 e. The van der Waals surface area contributed by atoms with Crippen LogP contribution in [-0.2, 0) is 9.53 Å². The lowest BCUT2D eigenvalue weighted by Crippen LogP contribution is -2.11. The van der Waals surface area contributed by atoms with Gasteiger partial charge >= 0.3 is 5.97 Å². The summed E-state index contributed by atoms with van der Waals surface area (Å²) in [7, 11) is 1.36. The second-order valence-corrected chi connectivity index (χ2v) is 3.90.